The van der Waals surface area contributed by atoms with E-state index in [1.54, 1.807) is 18.2 Å². The number of halogens is 1. The highest BCUT2D eigenvalue weighted by atomic mass is 19.1. The van der Waals surface area contributed by atoms with Crippen LogP contribution in [-0.2, 0) is 11.3 Å². The molecule has 0 unspecified atom stereocenters. The number of allylic oxidation sites excluding steroid dienone is 4. The lowest BCUT2D eigenvalue weighted by molar-refractivity contribution is 0.134. The third-order valence-corrected chi connectivity index (χ3v) is 1.75. The Morgan fingerprint density at radius 2 is 1.88 bits per heavy atom. The zero-order valence-corrected chi connectivity index (χ0v) is 10.2. The molecule has 0 aliphatic rings. The molecule has 0 radical (unpaired) electrons. The first-order valence-corrected chi connectivity index (χ1v) is 5.46. The van der Waals surface area contributed by atoms with Crippen molar-refractivity contribution in [3.8, 4) is 0 Å². The van der Waals surface area contributed by atoms with Crippen molar-refractivity contribution in [1.29, 1.82) is 0 Å². The van der Waals surface area contributed by atoms with Crippen LogP contribution in [-0.4, -0.2) is 6.61 Å². The fraction of sp³-hybridized carbons (Fsp3) is 0.200. The van der Waals surface area contributed by atoms with Crippen molar-refractivity contribution in [2.24, 2.45) is 0 Å². The predicted octanol–water partition coefficient (Wildman–Crippen LogP) is 4.28. The van der Waals surface area contributed by atoms with E-state index in [1.807, 2.05) is 25.1 Å². The summed E-state index contributed by atoms with van der Waals surface area (Å²) in [6.45, 7) is 10.0. The molecule has 1 rings (SSSR count). The SMILES string of the molecule is C=C/C=C\C=C.CCOCc1cccc(F)c1. The van der Waals surface area contributed by atoms with Crippen molar-refractivity contribution in [2.45, 2.75) is 13.5 Å². The third-order valence-electron chi connectivity index (χ3n) is 1.75. The average molecular weight is 234 g/mol. The molecule has 2 heteroatoms. The van der Waals surface area contributed by atoms with Crippen molar-refractivity contribution in [2.75, 3.05) is 6.61 Å². The van der Waals surface area contributed by atoms with Crippen molar-refractivity contribution in [3.05, 3.63) is 73.1 Å². The van der Waals surface area contributed by atoms with E-state index in [4.69, 9.17) is 4.74 Å². The molecule has 0 bridgehead atoms. The quantitative estimate of drug-likeness (QED) is 0.691. The molecule has 0 saturated carbocycles. The van der Waals surface area contributed by atoms with E-state index in [2.05, 4.69) is 13.2 Å². The molecule has 0 N–H and O–H groups in total. The second-order valence-corrected chi connectivity index (χ2v) is 3.12. The van der Waals surface area contributed by atoms with Gasteiger partial charge in [-0.05, 0) is 24.6 Å². The van der Waals surface area contributed by atoms with Gasteiger partial charge in [-0.3, -0.25) is 0 Å². The first-order valence-electron chi connectivity index (χ1n) is 5.46. The first-order chi connectivity index (χ1) is 8.24. The largest absolute Gasteiger partial charge is 0.377 e. The van der Waals surface area contributed by atoms with Gasteiger partial charge in [0.05, 0.1) is 6.61 Å². The highest BCUT2D eigenvalue weighted by molar-refractivity contribution is 5.15. The van der Waals surface area contributed by atoms with E-state index in [9.17, 15) is 4.39 Å². The van der Waals surface area contributed by atoms with E-state index in [1.165, 1.54) is 12.1 Å². The summed E-state index contributed by atoms with van der Waals surface area (Å²) in [6, 6.07) is 6.44. The van der Waals surface area contributed by atoms with Crippen LogP contribution < -0.4 is 0 Å². The molecule has 0 spiro atoms. The van der Waals surface area contributed by atoms with Gasteiger partial charge in [0.15, 0.2) is 0 Å². The molecule has 17 heavy (non-hydrogen) atoms. The van der Waals surface area contributed by atoms with Crippen molar-refractivity contribution >= 4 is 0 Å². The maximum atomic E-state index is 12.5. The van der Waals surface area contributed by atoms with Crippen LogP contribution in [0.5, 0.6) is 0 Å². The average Bonchev–Trinajstić information content (AvgIpc) is 2.35. The summed E-state index contributed by atoms with van der Waals surface area (Å²) in [5.41, 5.74) is 0.881. The molecule has 0 heterocycles. The van der Waals surface area contributed by atoms with Gasteiger partial charge in [0, 0.05) is 6.61 Å². The fourth-order valence-electron chi connectivity index (χ4n) is 1.00. The summed E-state index contributed by atoms with van der Waals surface area (Å²) in [5, 5.41) is 0. The Labute approximate surface area is 103 Å². The van der Waals surface area contributed by atoms with Gasteiger partial charge in [0.2, 0.25) is 0 Å². The van der Waals surface area contributed by atoms with Crippen LogP contribution in [0, 0.1) is 5.82 Å². The minimum atomic E-state index is -0.206. The Balaban J connectivity index is 0.000000366. The first kappa shape index (κ1) is 15.3. The van der Waals surface area contributed by atoms with Gasteiger partial charge in [-0.25, -0.2) is 4.39 Å². The topological polar surface area (TPSA) is 9.23 Å². The van der Waals surface area contributed by atoms with E-state index in [-0.39, 0.29) is 5.82 Å². The summed E-state index contributed by atoms with van der Waals surface area (Å²) in [5.74, 6) is -0.206. The monoisotopic (exact) mass is 234 g/mol. The summed E-state index contributed by atoms with van der Waals surface area (Å²) in [6.07, 6.45) is 7.07. The summed E-state index contributed by atoms with van der Waals surface area (Å²) >= 11 is 0. The summed E-state index contributed by atoms with van der Waals surface area (Å²) in [7, 11) is 0. The Hall–Kier alpha value is -1.67. The highest BCUT2D eigenvalue weighted by Gasteiger charge is 1.93. The Bertz CT molecular complexity index is 346. The van der Waals surface area contributed by atoms with E-state index < -0.39 is 0 Å². The molecule has 0 aliphatic carbocycles. The van der Waals surface area contributed by atoms with E-state index in [0.717, 1.165) is 5.56 Å². The molecule has 92 valence electrons. The van der Waals surface area contributed by atoms with Crippen LogP contribution in [0.4, 0.5) is 4.39 Å². The van der Waals surface area contributed by atoms with Gasteiger partial charge in [-0.2, -0.15) is 0 Å². The number of hydrogen-bond donors (Lipinski definition) is 0. The molecule has 1 aromatic carbocycles. The van der Waals surface area contributed by atoms with Crippen LogP contribution in [0.2, 0.25) is 0 Å². The molecule has 0 aliphatic heterocycles. The van der Waals surface area contributed by atoms with E-state index >= 15 is 0 Å². The van der Waals surface area contributed by atoms with Gasteiger partial charge in [-0.15, -0.1) is 0 Å². The number of ether oxygens (including phenoxy) is 1. The second kappa shape index (κ2) is 10.8. The summed E-state index contributed by atoms with van der Waals surface area (Å²) < 4.78 is 17.6. The lowest BCUT2D eigenvalue weighted by Crippen LogP contribution is -1.91. The third kappa shape index (κ3) is 9.27. The molecule has 0 aromatic heterocycles. The molecular formula is C15H19FO. The lowest BCUT2D eigenvalue weighted by Gasteiger charge is -2.00. The van der Waals surface area contributed by atoms with Crippen LogP contribution >= 0.6 is 0 Å². The Morgan fingerprint density at radius 3 is 2.35 bits per heavy atom. The molecule has 0 fully saturated rings. The Kier molecular flexibility index (Phi) is 9.77. The Morgan fingerprint density at radius 1 is 1.24 bits per heavy atom. The fourth-order valence-corrected chi connectivity index (χ4v) is 1.00. The van der Waals surface area contributed by atoms with Crippen LogP contribution in [0.15, 0.2) is 61.7 Å². The van der Waals surface area contributed by atoms with Crippen molar-refractivity contribution in [3.63, 3.8) is 0 Å². The second-order valence-electron chi connectivity index (χ2n) is 3.12. The van der Waals surface area contributed by atoms with Gasteiger partial charge in [0.1, 0.15) is 5.82 Å². The smallest absolute Gasteiger partial charge is 0.123 e. The van der Waals surface area contributed by atoms with Crippen LogP contribution in [0.25, 0.3) is 0 Å². The predicted molar refractivity (Wildman–Crippen MR) is 71.3 cm³/mol. The minimum Gasteiger partial charge on any atom is -0.377 e. The van der Waals surface area contributed by atoms with Crippen molar-refractivity contribution < 1.29 is 9.13 Å². The van der Waals surface area contributed by atoms with Crippen molar-refractivity contribution in [1.82, 2.24) is 0 Å². The zero-order valence-electron chi connectivity index (χ0n) is 10.2. The standard InChI is InChI=1S/C9H11FO.C6H8/c1-2-11-7-8-4-3-5-9(10)6-8;1-3-5-6-4-2/h3-6H,2,7H2,1H3;3-6H,1-2H2/b;6-5-. The molecular weight excluding hydrogens is 215 g/mol. The zero-order chi connectivity index (χ0) is 12.9. The van der Waals surface area contributed by atoms with Crippen LogP contribution in [0.3, 0.4) is 0 Å². The molecule has 1 nitrogen and oxygen atoms in total. The maximum absolute atomic E-state index is 12.5. The molecule has 1 aromatic rings. The van der Waals surface area contributed by atoms with Gasteiger partial charge < -0.3 is 4.74 Å². The minimum absolute atomic E-state index is 0.206. The lowest BCUT2D eigenvalue weighted by atomic mass is 10.2. The highest BCUT2D eigenvalue weighted by Crippen LogP contribution is 2.04. The van der Waals surface area contributed by atoms with Gasteiger partial charge >= 0.3 is 0 Å². The van der Waals surface area contributed by atoms with Gasteiger partial charge in [0.25, 0.3) is 0 Å². The van der Waals surface area contributed by atoms with Crippen LogP contribution in [0.1, 0.15) is 12.5 Å². The van der Waals surface area contributed by atoms with E-state index in [0.29, 0.717) is 13.2 Å². The molecule has 0 atom stereocenters. The molecule has 0 amide bonds. The number of hydrogen-bond acceptors (Lipinski definition) is 1. The molecule has 0 saturated heterocycles. The van der Waals surface area contributed by atoms with Gasteiger partial charge in [-0.1, -0.05) is 49.6 Å². The maximum Gasteiger partial charge on any atom is 0.123 e. The summed E-state index contributed by atoms with van der Waals surface area (Å²) in [4.78, 5) is 0. The number of benzene rings is 1. The normalized spacial score (nSPS) is 9.53. The number of rotatable bonds is 5.